The molecule has 0 atom stereocenters. The highest BCUT2D eigenvalue weighted by Crippen LogP contribution is 2.16. The summed E-state index contributed by atoms with van der Waals surface area (Å²) in [6.45, 7) is 0. The summed E-state index contributed by atoms with van der Waals surface area (Å²) in [5.41, 5.74) is 7.27. The lowest BCUT2D eigenvalue weighted by molar-refractivity contribution is 0.102. The maximum atomic E-state index is 13.0. The molecule has 3 nitrogen and oxygen atoms in total. The van der Waals surface area contributed by atoms with Crippen LogP contribution in [0.5, 0.6) is 0 Å². The number of carbonyl (C=O) groups is 1. The number of anilines is 1. The fourth-order valence-corrected chi connectivity index (χ4v) is 2.45. The van der Waals surface area contributed by atoms with Gasteiger partial charge in [-0.05, 0) is 65.1 Å². The Bertz CT molecular complexity index is 673. The molecule has 0 bridgehead atoms. The molecule has 0 heterocycles. The summed E-state index contributed by atoms with van der Waals surface area (Å²) in [5, 5.41) is 2.73. The van der Waals surface area contributed by atoms with Gasteiger partial charge < -0.3 is 11.1 Å². The predicted molar refractivity (Wildman–Crippen MR) is 89.4 cm³/mol. The second kappa shape index (κ2) is 6.27. The molecule has 102 valence electrons. The molecule has 20 heavy (non-hydrogen) atoms. The molecule has 0 saturated heterocycles. The zero-order valence-corrected chi connectivity index (χ0v) is 13.2. The average Bonchev–Trinajstić information content (AvgIpc) is 2.39. The summed E-state index contributed by atoms with van der Waals surface area (Å²) in [6.07, 6.45) is 0. The first-order valence-corrected chi connectivity index (χ1v) is 7.12. The molecular formula is C14H10FIN2OS. The minimum atomic E-state index is -0.369. The number of amides is 1. The lowest BCUT2D eigenvalue weighted by Gasteiger charge is -2.07. The molecule has 0 unspecified atom stereocenters. The molecule has 0 aliphatic heterocycles. The smallest absolute Gasteiger partial charge is 0.256 e. The number of carbonyl (C=O) groups excluding carboxylic acids is 1. The molecule has 2 aromatic rings. The topological polar surface area (TPSA) is 55.1 Å². The van der Waals surface area contributed by atoms with Gasteiger partial charge in [-0.3, -0.25) is 4.79 Å². The van der Waals surface area contributed by atoms with Gasteiger partial charge in [0.1, 0.15) is 10.8 Å². The van der Waals surface area contributed by atoms with E-state index in [1.807, 2.05) is 22.6 Å². The Labute approximate surface area is 134 Å². The van der Waals surface area contributed by atoms with Crippen molar-refractivity contribution in [2.24, 2.45) is 5.73 Å². The second-order valence-corrected chi connectivity index (χ2v) is 5.62. The molecule has 0 fully saturated rings. The minimum Gasteiger partial charge on any atom is -0.389 e. The highest BCUT2D eigenvalue weighted by Gasteiger charge is 2.11. The van der Waals surface area contributed by atoms with Gasteiger partial charge in [-0.2, -0.15) is 0 Å². The molecule has 3 N–H and O–H groups in total. The van der Waals surface area contributed by atoms with Crippen LogP contribution in [0.15, 0.2) is 42.5 Å². The summed E-state index contributed by atoms with van der Waals surface area (Å²) >= 11 is 6.78. The van der Waals surface area contributed by atoms with Crippen LogP contribution in [0.1, 0.15) is 15.9 Å². The zero-order valence-electron chi connectivity index (χ0n) is 10.2. The van der Waals surface area contributed by atoms with Crippen molar-refractivity contribution >= 4 is 51.4 Å². The number of nitrogens with two attached hydrogens (primary N) is 1. The van der Waals surface area contributed by atoms with Crippen molar-refractivity contribution in [1.82, 2.24) is 0 Å². The lowest BCUT2D eigenvalue weighted by atomic mass is 10.2. The van der Waals surface area contributed by atoms with Crippen molar-refractivity contribution in [2.45, 2.75) is 0 Å². The minimum absolute atomic E-state index is 0.294. The predicted octanol–water partition coefficient (Wildman–Crippen LogP) is 3.32. The highest BCUT2D eigenvalue weighted by atomic mass is 127. The number of hydrogen-bond acceptors (Lipinski definition) is 2. The maximum absolute atomic E-state index is 13.0. The van der Waals surface area contributed by atoms with E-state index in [0.717, 1.165) is 5.56 Å². The van der Waals surface area contributed by atoms with Gasteiger partial charge in [0.25, 0.3) is 5.91 Å². The lowest BCUT2D eigenvalue weighted by Crippen LogP contribution is -2.14. The Hall–Kier alpha value is -1.54. The Balaban J connectivity index is 2.17. The van der Waals surface area contributed by atoms with Crippen molar-refractivity contribution < 1.29 is 9.18 Å². The van der Waals surface area contributed by atoms with Crippen LogP contribution in [0, 0.1) is 9.39 Å². The number of hydrogen-bond donors (Lipinski definition) is 2. The van der Waals surface area contributed by atoms with Crippen LogP contribution < -0.4 is 11.1 Å². The largest absolute Gasteiger partial charge is 0.389 e. The van der Waals surface area contributed by atoms with Crippen molar-refractivity contribution in [2.75, 3.05) is 5.32 Å². The van der Waals surface area contributed by atoms with Gasteiger partial charge in [-0.25, -0.2) is 4.39 Å². The van der Waals surface area contributed by atoms with Crippen LogP contribution in [-0.2, 0) is 0 Å². The molecule has 0 aromatic heterocycles. The summed E-state index contributed by atoms with van der Waals surface area (Å²) < 4.78 is 13.6. The monoisotopic (exact) mass is 400 g/mol. The van der Waals surface area contributed by atoms with E-state index >= 15 is 0 Å². The van der Waals surface area contributed by atoms with Gasteiger partial charge in [-0.1, -0.05) is 12.2 Å². The van der Waals surface area contributed by atoms with Crippen LogP contribution >= 0.6 is 34.8 Å². The molecule has 1 amide bonds. The van der Waals surface area contributed by atoms with Crippen LogP contribution in [0.4, 0.5) is 10.1 Å². The van der Waals surface area contributed by atoms with Crippen molar-refractivity contribution in [1.29, 1.82) is 0 Å². The average molecular weight is 400 g/mol. The van der Waals surface area contributed by atoms with Crippen LogP contribution in [0.3, 0.4) is 0 Å². The number of benzene rings is 2. The Kier molecular flexibility index (Phi) is 4.66. The zero-order chi connectivity index (χ0) is 14.7. The van der Waals surface area contributed by atoms with Crippen molar-refractivity contribution in [3.8, 4) is 0 Å². The molecule has 0 spiro atoms. The third-order valence-electron chi connectivity index (χ3n) is 2.60. The maximum Gasteiger partial charge on any atom is 0.256 e. The molecule has 0 aliphatic rings. The van der Waals surface area contributed by atoms with Crippen LogP contribution in [0.2, 0.25) is 0 Å². The molecule has 0 aliphatic carbocycles. The van der Waals surface area contributed by atoms with Crippen molar-refractivity contribution in [3.05, 3.63) is 63.0 Å². The van der Waals surface area contributed by atoms with Crippen LogP contribution in [-0.4, -0.2) is 10.9 Å². The van der Waals surface area contributed by atoms with Gasteiger partial charge in [0, 0.05) is 14.8 Å². The van der Waals surface area contributed by atoms with E-state index in [2.05, 4.69) is 5.32 Å². The van der Waals surface area contributed by atoms with E-state index in [4.69, 9.17) is 18.0 Å². The molecule has 6 heteroatoms. The molecule has 2 rings (SSSR count). The van der Waals surface area contributed by atoms with E-state index in [-0.39, 0.29) is 11.7 Å². The number of nitrogens with one attached hydrogen (secondary N) is 1. The quantitative estimate of drug-likeness (QED) is 0.614. The third kappa shape index (κ3) is 3.51. The van der Waals surface area contributed by atoms with E-state index in [1.165, 1.54) is 18.2 Å². The van der Waals surface area contributed by atoms with Gasteiger partial charge in [0.15, 0.2) is 0 Å². The first kappa shape index (κ1) is 14.9. The number of rotatable bonds is 3. The second-order valence-electron chi connectivity index (χ2n) is 4.02. The summed E-state index contributed by atoms with van der Waals surface area (Å²) in [4.78, 5) is 12.4. The summed E-state index contributed by atoms with van der Waals surface area (Å²) in [6, 6.07) is 10.9. The first-order chi connectivity index (χ1) is 9.47. The first-order valence-electron chi connectivity index (χ1n) is 5.63. The third-order valence-corrected chi connectivity index (χ3v) is 3.73. The Morgan fingerprint density at radius 2 is 1.85 bits per heavy atom. The van der Waals surface area contributed by atoms with Crippen LogP contribution in [0.25, 0.3) is 0 Å². The van der Waals surface area contributed by atoms with E-state index in [9.17, 15) is 9.18 Å². The Morgan fingerprint density at radius 1 is 1.20 bits per heavy atom. The highest BCUT2D eigenvalue weighted by molar-refractivity contribution is 14.1. The fourth-order valence-electron chi connectivity index (χ4n) is 1.59. The van der Waals surface area contributed by atoms with E-state index < -0.39 is 0 Å². The van der Waals surface area contributed by atoms with E-state index in [0.29, 0.717) is 19.8 Å². The number of halogens is 2. The molecule has 0 radical (unpaired) electrons. The summed E-state index contributed by atoms with van der Waals surface area (Å²) in [5.74, 6) is -0.663. The van der Waals surface area contributed by atoms with Gasteiger partial charge in [0.05, 0.1) is 5.56 Å². The number of thiocarbonyl (C=S) groups is 1. The molecular weight excluding hydrogens is 390 g/mol. The summed E-state index contributed by atoms with van der Waals surface area (Å²) in [7, 11) is 0. The van der Waals surface area contributed by atoms with Gasteiger partial charge in [-0.15, -0.1) is 0 Å². The standard InChI is InChI=1S/C14H10FIN2OS/c15-9-3-6-11(12(16)7-9)14(19)18-10-4-1-8(2-5-10)13(17)20/h1-7H,(H2,17,20)(H,18,19). The fraction of sp³-hybridized carbons (Fsp3) is 0. The normalized spacial score (nSPS) is 10.1. The molecule has 0 saturated carbocycles. The SMILES string of the molecule is NC(=S)c1ccc(NC(=O)c2ccc(F)cc2I)cc1. The Morgan fingerprint density at radius 3 is 2.40 bits per heavy atom. The van der Waals surface area contributed by atoms with Crippen molar-refractivity contribution in [3.63, 3.8) is 0 Å². The molecule has 2 aromatic carbocycles. The van der Waals surface area contributed by atoms with Gasteiger partial charge in [0.2, 0.25) is 0 Å². The van der Waals surface area contributed by atoms with E-state index in [1.54, 1.807) is 24.3 Å². The van der Waals surface area contributed by atoms with Gasteiger partial charge >= 0.3 is 0 Å².